The summed E-state index contributed by atoms with van der Waals surface area (Å²) >= 11 is 17.7. The minimum atomic E-state index is -0.142. The molecule has 0 saturated heterocycles. The number of hydrogen-bond donors (Lipinski definition) is 2. The maximum absolute atomic E-state index is 11.6. The van der Waals surface area contributed by atoms with Crippen molar-refractivity contribution in [1.82, 2.24) is 5.32 Å². The highest BCUT2D eigenvalue weighted by Crippen LogP contribution is 2.33. The van der Waals surface area contributed by atoms with Crippen LogP contribution in [0.25, 0.3) is 0 Å². The molecule has 0 spiro atoms. The van der Waals surface area contributed by atoms with E-state index in [0.717, 1.165) is 6.54 Å². The maximum Gasteiger partial charge on any atom is 0.225 e. The van der Waals surface area contributed by atoms with Crippen molar-refractivity contribution >= 4 is 46.4 Å². The first-order valence-corrected chi connectivity index (χ1v) is 6.33. The number of amides is 1. The Kier molecular flexibility index (Phi) is 6.06. The average molecular weight is 296 g/mol. The van der Waals surface area contributed by atoms with Crippen molar-refractivity contribution in [1.29, 1.82) is 0 Å². The Hall–Kier alpha value is -0.480. The van der Waals surface area contributed by atoms with Crippen LogP contribution in [0.3, 0.4) is 0 Å². The molecule has 0 bridgehead atoms. The van der Waals surface area contributed by atoms with Gasteiger partial charge in [0.1, 0.15) is 0 Å². The lowest BCUT2D eigenvalue weighted by molar-refractivity contribution is -0.116. The monoisotopic (exact) mass is 294 g/mol. The van der Waals surface area contributed by atoms with Crippen molar-refractivity contribution in [2.24, 2.45) is 0 Å². The summed E-state index contributed by atoms with van der Waals surface area (Å²) in [4.78, 5) is 11.6. The Morgan fingerprint density at radius 2 is 1.82 bits per heavy atom. The highest BCUT2D eigenvalue weighted by molar-refractivity contribution is 6.42. The molecule has 3 nitrogen and oxygen atoms in total. The number of carbonyl (C=O) groups is 1. The van der Waals surface area contributed by atoms with Gasteiger partial charge in [-0.25, -0.2) is 0 Å². The van der Waals surface area contributed by atoms with E-state index in [0.29, 0.717) is 33.7 Å². The number of halogens is 3. The summed E-state index contributed by atoms with van der Waals surface area (Å²) in [5.74, 6) is -0.142. The summed E-state index contributed by atoms with van der Waals surface area (Å²) in [6.45, 7) is 3.42. The predicted octanol–water partition coefficient (Wildman–Crippen LogP) is 3.58. The molecule has 1 amide bonds. The van der Waals surface area contributed by atoms with Crippen molar-refractivity contribution in [3.05, 3.63) is 27.2 Å². The van der Waals surface area contributed by atoms with Gasteiger partial charge in [0.25, 0.3) is 0 Å². The normalized spacial score (nSPS) is 10.4. The molecule has 0 aliphatic carbocycles. The van der Waals surface area contributed by atoms with Gasteiger partial charge in [0, 0.05) is 18.0 Å². The minimum absolute atomic E-state index is 0.142. The molecule has 0 aliphatic rings. The van der Waals surface area contributed by atoms with Crippen LogP contribution in [-0.4, -0.2) is 19.0 Å². The second kappa shape index (κ2) is 7.07. The molecule has 0 saturated carbocycles. The molecule has 0 atom stereocenters. The minimum Gasteiger partial charge on any atom is -0.324 e. The van der Waals surface area contributed by atoms with Crippen LogP contribution in [0.2, 0.25) is 15.1 Å². The van der Waals surface area contributed by atoms with Crippen molar-refractivity contribution < 1.29 is 4.79 Å². The van der Waals surface area contributed by atoms with E-state index in [1.807, 2.05) is 6.92 Å². The van der Waals surface area contributed by atoms with Gasteiger partial charge in [0.15, 0.2) is 0 Å². The van der Waals surface area contributed by atoms with Crippen LogP contribution < -0.4 is 10.6 Å². The molecular formula is C11H13Cl3N2O. The lowest BCUT2D eigenvalue weighted by Gasteiger charge is -2.09. The molecule has 94 valence electrons. The molecule has 0 fully saturated rings. The fraction of sp³-hybridized carbons (Fsp3) is 0.364. The Labute approximate surface area is 115 Å². The molecule has 1 aromatic carbocycles. The number of benzene rings is 1. The van der Waals surface area contributed by atoms with Gasteiger partial charge < -0.3 is 10.6 Å². The largest absolute Gasteiger partial charge is 0.324 e. The SMILES string of the molecule is CCNCCC(=O)Nc1c(Cl)cc(Cl)cc1Cl. The van der Waals surface area contributed by atoms with Gasteiger partial charge in [0.05, 0.1) is 15.7 Å². The first kappa shape index (κ1) is 14.6. The van der Waals surface area contributed by atoms with Crippen molar-refractivity contribution in [3.63, 3.8) is 0 Å². The fourth-order valence-electron chi connectivity index (χ4n) is 1.24. The van der Waals surface area contributed by atoms with Gasteiger partial charge >= 0.3 is 0 Å². The van der Waals surface area contributed by atoms with Gasteiger partial charge in [-0.2, -0.15) is 0 Å². The molecule has 0 radical (unpaired) electrons. The molecule has 17 heavy (non-hydrogen) atoms. The van der Waals surface area contributed by atoms with E-state index >= 15 is 0 Å². The van der Waals surface area contributed by atoms with Crippen LogP contribution in [0.1, 0.15) is 13.3 Å². The molecular weight excluding hydrogens is 282 g/mol. The molecule has 1 rings (SSSR count). The second-order valence-electron chi connectivity index (χ2n) is 3.40. The van der Waals surface area contributed by atoms with Crippen LogP contribution >= 0.6 is 34.8 Å². The van der Waals surface area contributed by atoms with E-state index in [1.165, 1.54) is 12.1 Å². The molecule has 1 aromatic rings. The van der Waals surface area contributed by atoms with E-state index in [2.05, 4.69) is 10.6 Å². The van der Waals surface area contributed by atoms with Gasteiger partial charge in [-0.15, -0.1) is 0 Å². The third kappa shape index (κ3) is 4.72. The first-order chi connectivity index (χ1) is 8.04. The van der Waals surface area contributed by atoms with Crippen LogP contribution in [-0.2, 0) is 4.79 Å². The van der Waals surface area contributed by atoms with Crippen LogP contribution in [0.5, 0.6) is 0 Å². The van der Waals surface area contributed by atoms with Gasteiger partial charge in [-0.05, 0) is 18.7 Å². The lowest BCUT2D eigenvalue weighted by Crippen LogP contribution is -2.21. The Morgan fingerprint density at radius 1 is 1.24 bits per heavy atom. The number of hydrogen-bond acceptors (Lipinski definition) is 2. The summed E-state index contributed by atoms with van der Waals surface area (Å²) < 4.78 is 0. The molecule has 0 heterocycles. The van der Waals surface area contributed by atoms with Gasteiger partial charge in [-0.3, -0.25) is 4.79 Å². The standard InChI is InChI=1S/C11H13Cl3N2O/c1-2-15-4-3-10(17)16-11-8(13)5-7(12)6-9(11)14/h5-6,15H,2-4H2,1H3,(H,16,17). The van der Waals surface area contributed by atoms with Crippen LogP contribution in [0.15, 0.2) is 12.1 Å². The van der Waals surface area contributed by atoms with Crippen LogP contribution in [0.4, 0.5) is 5.69 Å². The zero-order valence-electron chi connectivity index (χ0n) is 9.32. The number of rotatable bonds is 5. The molecule has 2 N–H and O–H groups in total. The third-order valence-corrected chi connectivity index (χ3v) is 2.86. The number of nitrogens with one attached hydrogen (secondary N) is 2. The molecule has 6 heteroatoms. The predicted molar refractivity (Wildman–Crippen MR) is 73.3 cm³/mol. The highest BCUT2D eigenvalue weighted by Gasteiger charge is 2.10. The number of anilines is 1. The zero-order chi connectivity index (χ0) is 12.8. The molecule has 0 aliphatic heterocycles. The Balaban J connectivity index is 2.65. The van der Waals surface area contributed by atoms with E-state index in [9.17, 15) is 4.79 Å². The van der Waals surface area contributed by atoms with E-state index in [4.69, 9.17) is 34.8 Å². The summed E-state index contributed by atoms with van der Waals surface area (Å²) in [5.41, 5.74) is 0.402. The lowest BCUT2D eigenvalue weighted by atomic mass is 10.3. The third-order valence-electron chi connectivity index (χ3n) is 2.05. The quantitative estimate of drug-likeness (QED) is 0.815. The molecule has 0 aromatic heterocycles. The van der Waals surface area contributed by atoms with Crippen molar-refractivity contribution in [2.45, 2.75) is 13.3 Å². The van der Waals surface area contributed by atoms with Gasteiger partial charge in [0.2, 0.25) is 5.91 Å². The smallest absolute Gasteiger partial charge is 0.225 e. The zero-order valence-corrected chi connectivity index (χ0v) is 11.6. The topological polar surface area (TPSA) is 41.1 Å². The summed E-state index contributed by atoms with van der Waals surface area (Å²) in [5, 5.41) is 6.82. The number of carbonyl (C=O) groups excluding carboxylic acids is 1. The average Bonchev–Trinajstić information content (AvgIpc) is 2.24. The Bertz CT molecular complexity index is 387. The molecule has 0 unspecified atom stereocenters. The Morgan fingerprint density at radius 3 is 2.35 bits per heavy atom. The van der Waals surface area contributed by atoms with Crippen molar-refractivity contribution in [3.8, 4) is 0 Å². The van der Waals surface area contributed by atoms with Crippen molar-refractivity contribution in [2.75, 3.05) is 18.4 Å². The second-order valence-corrected chi connectivity index (χ2v) is 4.65. The fourth-order valence-corrected chi connectivity index (χ4v) is 2.15. The van der Waals surface area contributed by atoms with Crippen LogP contribution in [0, 0.1) is 0 Å². The maximum atomic E-state index is 11.6. The summed E-state index contributed by atoms with van der Waals surface area (Å²) in [6.07, 6.45) is 0.364. The van der Waals surface area contributed by atoms with E-state index in [-0.39, 0.29) is 5.91 Å². The highest BCUT2D eigenvalue weighted by atomic mass is 35.5. The van der Waals surface area contributed by atoms with Gasteiger partial charge in [-0.1, -0.05) is 41.7 Å². The first-order valence-electron chi connectivity index (χ1n) is 5.19. The summed E-state index contributed by atoms with van der Waals surface area (Å²) in [6, 6.07) is 3.07. The van der Waals surface area contributed by atoms with E-state index in [1.54, 1.807) is 0 Å². The van der Waals surface area contributed by atoms with E-state index < -0.39 is 0 Å². The summed E-state index contributed by atoms with van der Waals surface area (Å²) in [7, 11) is 0.